The third-order valence-corrected chi connectivity index (χ3v) is 4.88. The molecule has 1 aliphatic carbocycles. The summed E-state index contributed by atoms with van der Waals surface area (Å²) in [6.07, 6.45) is 2.86. The first-order chi connectivity index (χ1) is 10.3. The largest absolute Gasteiger partial charge is 0.481 e. The first-order valence-electron chi connectivity index (χ1n) is 7.53. The highest BCUT2D eigenvalue weighted by molar-refractivity contribution is 5.78. The fourth-order valence-electron chi connectivity index (χ4n) is 3.50. The van der Waals surface area contributed by atoms with Crippen LogP contribution in [0.2, 0.25) is 0 Å². The van der Waals surface area contributed by atoms with Crippen LogP contribution >= 0.6 is 0 Å². The molecule has 0 bridgehead atoms. The molecular formula is C16H20N4O. The highest BCUT2D eigenvalue weighted by Crippen LogP contribution is 2.43. The normalized spacial score (nSPS) is 27.8. The average Bonchev–Trinajstić information content (AvgIpc) is 2.95. The van der Waals surface area contributed by atoms with Crippen molar-refractivity contribution in [2.45, 2.75) is 12.5 Å². The van der Waals surface area contributed by atoms with Crippen LogP contribution in [0.4, 0.5) is 0 Å². The van der Waals surface area contributed by atoms with Crippen LogP contribution in [0.25, 0.3) is 11.0 Å². The second-order valence-corrected chi connectivity index (χ2v) is 6.11. The number of nitrogens with zero attached hydrogens (tertiary/aromatic N) is 3. The predicted molar refractivity (Wildman–Crippen MR) is 81.2 cm³/mol. The first-order valence-corrected chi connectivity index (χ1v) is 7.53. The van der Waals surface area contributed by atoms with Crippen molar-refractivity contribution in [3.8, 4) is 5.88 Å². The van der Waals surface area contributed by atoms with E-state index in [0.29, 0.717) is 11.9 Å². The van der Waals surface area contributed by atoms with Crippen LogP contribution in [-0.2, 0) is 6.42 Å². The molecule has 1 saturated carbocycles. The quantitative estimate of drug-likeness (QED) is 0.910. The predicted octanol–water partition coefficient (Wildman–Crippen LogP) is 1.07. The van der Waals surface area contributed by atoms with Crippen LogP contribution in [0, 0.1) is 11.8 Å². The summed E-state index contributed by atoms with van der Waals surface area (Å²) in [6, 6.07) is 6.36. The van der Waals surface area contributed by atoms with E-state index in [1.165, 1.54) is 5.56 Å². The number of ether oxygens (including phenoxy) is 1. The van der Waals surface area contributed by atoms with E-state index in [0.717, 1.165) is 48.9 Å². The molecule has 21 heavy (non-hydrogen) atoms. The molecule has 2 aromatic heterocycles. The summed E-state index contributed by atoms with van der Waals surface area (Å²) in [4.78, 5) is 11.4. The maximum atomic E-state index is 5.99. The lowest BCUT2D eigenvalue weighted by Crippen LogP contribution is -2.30. The van der Waals surface area contributed by atoms with Gasteiger partial charge in [-0.3, -0.25) is 4.98 Å². The number of hydrogen-bond acceptors (Lipinski definition) is 5. The van der Waals surface area contributed by atoms with Gasteiger partial charge in [0.2, 0.25) is 5.88 Å². The van der Waals surface area contributed by atoms with Crippen molar-refractivity contribution < 1.29 is 4.74 Å². The van der Waals surface area contributed by atoms with Gasteiger partial charge in [0.25, 0.3) is 0 Å². The van der Waals surface area contributed by atoms with Gasteiger partial charge in [-0.2, -0.15) is 0 Å². The van der Waals surface area contributed by atoms with E-state index in [-0.39, 0.29) is 0 Å². The Balaban J connectivity index is 1.50. The van der Waals surface area contributed by atoms with Gasteiger partial charge in [0.15, 0.2) is 0 Å². The number of fused-ring (bicyclic) bond motifs is 2. The Kier molecular flexibility index (Phi) is 3.05. The Labute approximate surface area is 124 Å². The van der Waals surface area contributed by atoms with Gasteiger partial charge in [0.1, 0.15) is 0 Å². The molecule has 110 valence electrons. The summed E-state index contributed by atoms with van der Waals surface area (Å²) in [6.45, 7) is 3.38. The van der Waals surface area contributed by atoms with Crippen LogP contribution in [0.1, 0.15) is 5.56 Å². The summed E-state index contributed by atoms with van der Waals surface area (Å²) in [5, 5.41) is 0. The Bertz CT molecular complexity index is 662. The molecule has 3 heterocycles. The molecule has 5 nitrogen and oxygen atoms in total. The zero-order valence-electron chi connectivity index (χ0n) is 12.2. The molecule has 2 aromatic rings. The molecule has 4 rings (SSSR count). The van der Waals surface area contributed by atoms with Gasteiger partial charge in [0.05, 0.1) is 18.1 Å². The Morgan fingerprint density at radius 2 is 2.10 bits per heavy atom. The van der Waals surface area contributed by atoms with E-state index in [1.807, 2.05) is 18.3 Å². The van der Waals surface area contributed by atoms with Crippen LogP contribution in [-0.4, -0.2) is 47.7 Å². The van der Waals surface area contributed by atoms with E-state index >= 15 is 0 Å². The van der Waals surface area contributed by atoms with Crippen molar-refractivity contribution in [1.82, 2.24) is 14.9 Å². The van der Waals surface area contributed by atoms with E-state index in [4.69, 9.17) is 10.5 Å². The fraction of sp³-hybridized carbons (Fsp3) is 0.500. The molecule has 0 radical (unpaired) electrons. The minimum atomic E-state index is 0.467. The number of hydrogen-bond donors (Lipinski definition) is 1. The van der Waals surface area contributed by atoms with Crippen LogP contribution in [0.3, 0.4) is 0 Å². The number of rotatable bonds is 4. The van der Waals surface area contributed by atoms with Crippen molar-refractivity contribution in [2.75, 3.05) is 26.7 Å². The molecule has 3 atom stereocenters. The number of likely N-dealkylation sites (tertiary alicyclic amines) is 1. The zero-order valence-corrected chi connectivity index (χ0v) is 12.2. The van der Waals surface area contributed by atoms with E-state index in [9.17, 15) is 0 Å². The molecule has 0 spiro atoms. The van der Waals surface area contributed by atoms with Gasteiger partial charge in [-0.05, 0) is 36.0 Å². The Morgan fingerprint density at radius 3 is 2.86 bits per heavy atom. The lowest BCUT2D eigenvalue weighted by Gasteiger charge is -2.18. The van der Waals surface area contributed by atoms with E-state index < -0.39 is 0 Å². The third kappa shape index (κ3) is 2.26. The van der Waals surface area contributed by atoms with Crippen molar-refractivity contribution in [3.63, 3.8) is 0 Å². The van der Waals surface area contributed by atoms with Crippen molar-refractivity contribution >= 4 is 11.0 Å². The molecule has 1 saturated heterocycles. The lowest BCUT2D eigenvalue weighted by molar-refractivity contribution is 0.302. The Hall–Kier alpha value is -1.72. The molecule has 5 heteroatoms. The van der Waals surface area contributed by atoms with Gasteiger partial charge in [-0.25, -0.2) is 4.98 Å². The second-order valence-electron chi connectivity index (χ2n) is 6.11. The smallest absolute Gasteiger partial charge is 0.213 e. The summed E-state index contributed by atoms with van der Waals surface area (Å²) in [5.74, 6) is 2.14. The van der Waals surface area contributed by atoms with Crippen LogP contribution in [0.15, 0.2) is 24.4 Å². The fourth-order valence-corrected chi connectivity index (χ4v) is 3.50. The van der Waals surface area contributed by atoms with Gasteiger partial charge in [-0.15, -0.1) is 0 Å². The maximum absolute atomic E-state index is 5.99. The van der Waals surface area contributed by atoms with Gasteiger partial charge in [0, 0.05) is 37.9 Å². The molecule has 2 aliphatic rings. The maximum Gasteiger partial charge on any atom is 0.213 e. The third-order valence-electron chi connectivity index (χ3n) is 4.88. The molecular weight excluding hydrogens is 264 g/mol. The van der Waals surface area contributed by atoms with E-state index in [1.54, 1.807) is 7.11 Å². The Morgan fingerprint density at radius 1 is 1.29 bits per heavy atom. The summed E-state index contributed by atoms with van der Waals surface area (Å²) < 4.78 is 5.22. The topological polar surface area (TPSA) is 64.3 Å². The summed E-state index contributed by atoms with van der Waals surface area (Å²) >= 11 is 0. The molecule has 0 amide bonds. The highest BCUT2D eigenvalue weighted by atomic mass is 16.5. The summed E-state index contributed by atoms with van der Waals surface area (Å²) in [7, 11) is 1.64. The highest BCUT2D eigenvalue weighted by Gasteiger charge is 2.53. The standard InChI is InChI=1S/C16H20N4O/c1-21-14-3-2-13-16(19-14)10(4-6-18-13)5-7-20-8-11-12(9-20)15(11)17/h2-4,6,11-12,15H,5,7-9,17H2,1H3/t11-,12+,15+. The molecule has 2 fully saturated rings. The number of pyridine rings is 2. The minimum Gasteiger partial charge on any atom is -0.481 e. The number of aromatic nitrogens is 2. The van der Waals surface area contributed by atoms with Crippen LogP contribution in [0.5, 0.6) is 5.88 Å². The molecule has 2 N–H and O–H groups in total. The average molecular weight is 284 g/mol. The van der Waals surface area contributed by atoms with Crippen molar-refractivity contribution in [3.05, 3.63) is 30.0 Å². The molecule has 0 unspecified atom stereocenters. The SMILES string of the molecule is COc1ccc2nccc(CCN3C[C@@H]4[C@@H](N)[C@@H]4C3)c2n1. The van der Waals surface area contributed by atoms with Crippen molar-refractivity contribution in [1.29, 1.82) is 0 Å². The lowest BCUT2D eigenvalue weighted by atomic mass is 10.1. The van der Waals surface area contributed by atoms with Gasteiger partial charge in [-0.1, -0.05) is 0 Å². The monoisotopic (exact) mass is 284 g/mol. The van der Waals surface area contributed by atoms with E-state index in [2.05, 4.69) is 20.9 Å². The second kappa shape index (κ2) is 4.93. The minimum absolute atomic E-state index is 0.467. The van der Waals surface area contributed by atoms with Gasteiger partial charge < -0.3 is 15.4 Å². The van der Waals surface area contributed by atoms with Crippen LogP contribution < -0.4 is 10.5 Å². The number of nitrogens with two attached hydrogens (primary N) is 1. The zero-order chi connectivity index (χ0) is 14.4. The first kappa shape index (κ1) is 13.0. The van der Waals surface area contributed by atoms with Crippen molar-refractivity contribution in [2.24, 2.45) is 17.6 Å². The molecule has 0 aromatic carbocycles. The number of piperidine rings is 1. The number of methoxy groups -OCH3 is 1. The summed E-state index contributed by atoms with van der Waals surface area (Å²) in [5.41, 5.74) is 9.11. The molecule has 1 aliphatic heterocycles. The van der Waals surface area contributed by atoms with Gasteiger partial charge >= 0.3 is 0 Å².